The smallest absolute Gasteiger partial charge is 0.298 e. The maximum absolute atomic E-state index is 11.6. The number of hydrogen-bond acceptors (Lipinski definition) is 6. The summed E-state index contributed by atoms with van der Waals surface area (Å²) in [6.45, 7) is 12.4. The van der Waals surface area contributed by atoms with E-state index in [0.29, 0.717) is 12.8 Å². The first-order chi connectivity index (χ1) is 9.41. The summed E-state index contributed by atoms with van der Waals surface area (Å²) in [5.41, 5.74) is -1.07. The van der Waals surface area contributed by atoms with Crippen LogP contribution in [0.2, 0.25) is 0 Å². The average molecular weight is 304 g/mol. The predicted octanol–water partition coefficient (Wildman–Crippen LogP) is 3.34. The van der Waals surface area contributed by atoms with Gasteiger partial charge in [0, 0.05) is 6.42 Å². The van der Waals surface area contributed by atoms with Crippen LogP contribution in [-0.2, 0) is 29.1 Å². The van der Waals surface area contributed by atoms with E-state index >= 15 is 0 Å². The van der Waals surface area contributed by atoms with E-state index in [1.807, 2.05) is 0 Å². The van der Waals surface area contributed by atoms with Gasteiger partial charge in [0.15, 0.2) is 0 Å². The molecule has 0 aliphatic carbocycles. The SMILES string of the molecule is CC(CCCC(=O)OOC(C)(C)C)C(=O)OOC(C)(C)C. The molecule has 0 saturated heterocycles. The Balaban J connectivity index is 3.85. The van der Waals surface area contributed by atoms with Crippen molar-refractivity contribution in [2.45, 2.75) is 78.9 Å². The molecule has 1 atom stereocenters. The van der Waals surface area contributed by atoms with Crippen LogP contribution in [0.3, 0.4) is 0 Å². The van der Waals surface area contributed by atoms with Gasteiger partial charge in [-0.05, 0) is 54.4 Å². The van der Waals surface area contributed by atoms with Crippen molar-refractivity contribution in [3.63, 3.8) is 0 Å². The van der Waals surface area contributed by atoms with Crippen LogP contribution in [0.1, 0.15) is 67.7 Å². The van der Waals surface area contributed by atoms with Gasteiger partial charge in [-0.2, -0.15) is 9.78 Å². The lowest BCUT2D eigenvalue weighted by Crippen LogP contribution is -2.25. The Morgan fingerprint density at radius 3 is 1.86 bits per heavy atom. The molecule has 0 rings (SSSR count). The van der Waals surface area contributed by atoms with Crippen molar-refractivity contribution in [3.8, 4) is 0 Å². The van der Waals surface area contributed by atoms with Gasteiger partial charge in [0.1, 0.15) is 11.2 Å². The molecule has 0 aliphatic rings. The quantitative estimate of drug-likeness (QED) is 0.530. The van der Waals surface area contributed by atoms with Gasteiger partial charge in [-0.1, -0.05) is 6.92 Å². The molecule has 0 saturated carbocycles. The Hall–Kier alpha value is -1.14. The number of rotatable bonds is 7. The second-order valence-corrected chi connectivity index (χ2v) is 7.04. The molecular weight excluding hydrogens is 276 g/mol. The highest BCUT2D eigenvalue weighted by molar-refractivity contribution is 5.71. The molecule has 0 aromatic carbocycles. The number of carbonyl (C=O) groups excluding carboxylic acids is 2. The van der Waals surface area contributed by atoms with Crippen LogP contribution in [0.15, 0.2) is 0 Å². The first-order valence-electron chi connectivity index (χ1n) is 7.19. The van der Waals surface area contributed by atoms with Crippen molar-refractivity contribution in [1.29, 1.82) is 0 Å². The molecule has 0 aromatic heterocycles. The zero-order valence-electron chi connectivity index (χ0n) is 14.1. The first-order valence-corrected chi connectivity index (χ1v) is 7.19. The third kappa shape index (κ3) is 12.3. The third-order valence-corrected chi connectivity index (χ3v) is 2.18. The van der Waals surface area contributed by atoms with Crippen molar-refractivity contribution in [1.82, 2.24) is 0 Å². The summed E-state index contributed by atoms with van der Waals surface area (Å²) >= 11 is 0. The number of carbonyl (C=O) groups is 2. The summed E-state index contributed by atoms with van der Waals surface area (Å²) in [7, 11) is 0. The molecule has 1 unspecified atom stereocenters. The van der Waals surface area contributed by atoms with Crippen LogP contribution in [-0.4, -0.2) is 23.1 Å². The fourth-order valence-electron chi connectivity index (χ4n) is 1.13. The van der Waals surface area contributed by atoms with Crippen LogP contribution in [0.25, 0.3) is 0 Å². The second-order valence-electron chi connectivity index (χ2n) is 7.04. The molecule has 0 aromatic rings. The molecule has 6 nitrogen and oxygen atoms in total. The summed E-state index contributed by atoms with van der Waals surface area (Å²) in [4.78, 5) is 42.3. The highest BCUT2D eigenvalue weighted by atomic mass is 17.2. The Morgan fingerprint density at radius 1 is 0.905 bits per heavy atom. The molecule has 0 bridgehead atoms. The van der Waals surface area contributed by atoms with Gasteiger partial charge in [0.2, 0.25) is 0 Å². The third-order valence-electron chi connectivity index (χ3n) is 2.18. The van der Waals surface area contributed by atoms with E-state index in [1.165, 1.54) is 0 Å². The normalized spacial score (nSPS) is 13.7. The lowest BCUT2D eigenvalue weighted by Gasteiger charge is -2.18. The monoisotopic (exact) mass is 304 g/mol. The van der Waals surface area contributed by atoms with Gasteiger partial charge in [-0.3, -0.25) is 9.78 Å². The van der Waals surface area contributed by atoms with Crippen molar-refractivity contribution >= 4 is 11.9 Å². The highest BCUT2D eigenvalue weighted by Crippen LogP contribution is 2.14. The van der Waals surface area contributed by atoms with E-state index < -0.39 is 23.1 Å². The van der Waals surface area contributed by atoms with Gasteiger partial charge in [0.25, 0.3) is 0 Å². The van der Waals surface area contributed by atoms with E-state index in [4.69, 9.17) is 14.7 Å². The largest absolute Gasteiger partial charge is 0.345 e. The minimum absolute atomic E-state index is 0.188. The maximum atomic E-state index is 11.6. The lowest BCUT2D eigenvalue weighted by atomic mass is 10.0. The van der Waals surface area contributed by atoms with E-state index in [0.717, 1.165) is 0 Å². The molecule has 21 heavy (non-hydrogen) atoms. The minimum atomic E-state index is -0.538. The molecule has 0 radical (unpaired) electrons. The van der Waals surface area contributed by atoms with Crippen molar-refractivity contribution in [3.05, 3.63) is 0 Å². The first kappa shape index (κ1) is 19.9. The molecule has 0 spiro atoms. The van der Waals surface area contributed by atoms with Gasteiger partial charge in [-0.15, -0.1) is 0 Å². The van der Waals surface area contributed by atoms with Crippen molar-refractivity contribution in [2.75, 3.05) is 0 Å². The molecule has 0 N–H and O–H groups in total. The van der Waals surface area contributed by atoms with Crippen LogP contribution >= 0.6 is 0 Å². The molecule has 0 fully saturated rings. The van der Waals surface area contributed by atoms with Crippen LogP contribution in [0, 0.1) is 5.92 Å². The topological polar surface area (TPSA) is 71.1 Å². The summed E-state index contributed by atoms with van der Waals surface area (Å²) in [6, 6.07) is 0. The molecule has 0 heterocycles. The van der Waals surface area contributed by atoms with E-state index in [9.17, 15) is 9.59 Å². The van der Waals surface area contributed by atoms with E-state index in [-0.39, 0.29) is 12.3 Å². The fraction of sp³-hybridized carbons (Fsp3) is 0.867. The minimum Gasteiger partial charge on any atom is -0.298 e. The Morgan fingerprint density at radius 2 is 1.38 bits per heavy atom. The van der Waals surface area contributed by atoms with Gasteiger partial charge in [-0.25, -0.2) is 9.59 Å². The van der Waals surface area contributed by atoms with Crippen molar-refractivity contribution in [2.24, 2.45) is 5.92 Å². The molecule has 0 amide bonds. The molecular formula is C15H28O6. The Kier molecular flexibility index (Phi) is 7.89. The zero-order chi connectivity index (χ0) is 16.7. The summed E-state index contributed by atoms with van der Waals surface area (Å²) < 4.78 is 0. The van der Waals surface area contributed by atoms with E-state index in [2.05, 4.69) is 4.89 Å². The average Bonchev–Trinajstić information content (AvgIpc) is 2.31. The Labute approximate surface area is 126 Å². The fourth-order valence-corrected chi connectivity index (χ4v) is 1.13. The van der Waals surface area contributed by atoms with Crippen molar-refractivity contribution < 1.29 is 29.1 Å². The van der Waals surface area contributed by atoms with E-state index in [1.54, 1.807) is 48.5 Å². The van der Waals surface area contributed by atoms with Gasteiger partial charge < -0.3 is 0 Å². The van der Waals surface area contributed by atoms with Gasteiger partial charge >= 0.3 is 11.9 Å². The van der Waals surface area contributed by atoms with Crippen LogP contribution in [0.5, 0.6) is 0 Å². The summed E-state index contributed by atoms with van der Waals surface area (Å²) in [5.74, 6) is -1.23. The summed E-state index contributed by atoms with van der Waals surface area (Å²) in [6.07, 6.45) is 1.21. The molecule has 0 aliphatic heterocycles. The lowest BCUT2D eigenvalue weighted by molar-refractivity contribution is -0.323. The zero-order valence-corrected chi connectivity index (χ0v) is 14.1. The molecule has 124 valence electrons. The van der Waals surface area contributed by atoms with Crippen LogP contribution < -0.4 is 0 Å². The standard InChI is InChI=1S/C15H28O6/c1-11(13(17)19-21-15(5,6)7)9-8-10-12(16)18-20-14(2,3)4/h11H,8-10H2,1-7H3. The molecule has 6 heteroatoms. The maximum Gasteiger partial charge on any atom is 0.345 e. The Bertz CT molecular complexity index is 337. The highest BCUT2D eigenvalue weighted by Gasteiger charge is 2.21. The summed E-state index contributed by atoms with van der Waals surface area (Å²) in [5, 5.41) is 0. The van der Waals surface area contributed by atoms with Gasteiger partial charge in [0.05, 0.1) is 5.92 Å². The van der Waals surface area contributed by atoms with Crippen LogP contribution in [0.4, 0.5) is 0 Å². The number of hydrogen-bond donors (Lipinski definition) is 0. The second kappa shape index (κ2) is 8.34. The predicted molar refractivity (Wildman–Crippen MR) is 76.9 cm³/mol.